The van der Waals surface area contributed by atoms with E-state index in [1.807, 2.05) is 0 Å². The molecule has 0 aliphatic heterocycles. The van der Waals surface area contributed by atoms with E-state index in [0.717, 1.165) is 43.4 Å². The van der Waals surface area contributed by atoms with Crippen LogP contribution in [0.15, 0.2) is 0 Å². The van der Waals surface area contributed by atoms with Gasteiger partial charge in [0.2, 0.25) is 0 Å². The lowest BCUT2D eigenvalue weighted by Gasteiger charge is -2.27. The van der Waals surface area contributed by atoms with E-state index in [4.69, 9.17) is 9.97 Å². The molecule has 116 valence electrons. The minimum absolute atomic E-state index is 0.586. The first-order chi connectivity index (χ1) is 10.3. The van der Waals surface area contributed by atoms with E-state index in [0.29, 0.717) is 5.92 Å². The van der Waals surface area contributed by atoms with Crippen LogP contribution in [0.5, 0.6) is 0 Å². The zero-order chi connectivity index (χ0) is 14.7. The van der Waals surface area contributed by atoms with Crippen LogP contribution in [0.25, 0.3) is 0 Å². The van der Waals surface area contributed by atoms with Gasteiger partial charge in [-0.2, -0.15) is 0 Å². The maximum Gasteiger partial charge on any atom is 0.134 e. The molecule has 2 atom stereocenters. The molecule has 2 unspecified atom stereocenters. The summed E-state index contributed by atoms with van der Waals surface area (Å²) in [6.45, 7) is 5.61. The number of nitrogens with zero attached hydrogens (tertiary/aromatic N) is 2. The maximum absolute atomic E-state index is 4.99. The van der Waals surface area contributed by atoms with Gasteiger partial charge in [-0.05, 0) is 50.9 Å². The summed E-state index contributed by atoms with van der Waals surface area (Å²) in [7, 11) is 0. The van der Waals surface area contributed by atoms with Crippen LogP contribution in [0.2, 0.25) is 0 Å². The summed E-state index contributed by atoms with van der Waals surface area (Å²) in [5.74, 6) is 3.69. The molecule has 21 heavy (non-hydrogen) atoms. The van der Waals surface area contributed by atoms with E-state index in [1.54, 1.807) is 0 Å². The van der Waals surface area contributed by atoms with E-state index in [1.165, 1.54) is 49.8 Å². The van der Waals surface area contributed by atoms with E-state index in [2.05, 4.69) is 19.2 Å². The van der Waals surface area contributed by atoms with Crippen LogP contribution in [0.3, 0.4) is 0 Å². The second-order valence-electron chi connectivity index (χ2n) is 6.96. The number of rotatable bonds is 4. The molecule has 1 aromatic rings. The van der Waals surface area contributed by atoms with Crippen molar-refractivity contribution in [1.29, 1.82) is 0 Å². The van der Waals surface area contributed by atoms with E-state index in [9.17, 15) is 0 Å². The molecule has 0 radical (unpaired) electrons. The number of nitrogens with one attached hydrogen (secondary N) is 1. The molecule has 0 saturated heterocycles. The van der Waals surface area contributed by atoms with Gasteiger partial charge < -0.3 is 5.32 Å². The molecule has 0 spiro atoms. The van der Waals surface area contributed by atoms with Crippen LogP contribution in [0, 0.1) is 5.92 Å². The van der Waals surface area contributed by atoms with Crippen molar-refractivity contribution in [2.75, 3.05) is 11.9 Å². The predicted octanol–water partition coefficient (Wildman–Crippen LogP) is 4.47. The summed E-state index contributed by atoms with van der Waals surface area (Å²) in [4.78, 5) is 9.95. The van der Waals surface area contributed by atoms with Crippen LogP contribution < -0.4 is 5.32 Å². The van der Waals surface area contributed by atoms with Crippen molar-refractivity contribution in [1.82, 2.24) is 9.97 Å². The van der Waals surface area contributed by atoms with Gasteiger partial charge in [0, 0.05) is 23.7 Å². The molecule has 1 N–H and O–H groups in total. The topological polar surface area (TPSA) is 37.8 Å². The highest BCUT2D eigenvalue weighted by molar-refractivity contribution is 5.48. The van der Waals surface area contributed by atoms with Crippen molar-refractivity contribution < 1.29 is 0 Å². The Bertz CT molecular complexity index is 484. The number of aryl methyl sites for hydroxylation is 1. The smallest absolute Gasteiger partial charge is 0.134 e. The van der Waals surface area contributed by atoms with Gasteiger partial charge >= 0.3 is 0 Å². The lowest BCUT2D eigenvalue weighted by molar-refractivity contribution is 0.334. The summed E-state index contributed by atoms with van der Waals surface area (Å²) in [6, 6.07) is 0. The van der Waals surface area contributed by atoms with Crippen molar-refractivity contribution in [2.24, 2.45) is 5.92 Å². The zero-order valence-electron chi connectivity index (χ0n) is 13.6. The Morgan fingerprint density at radius 3 is 2.76 bits per heavy atom. The minimum atomic E-state index is 0.586. The predicted molar refractivity (Wildman–Crippen MR) is 87.8 cm³/mol. The third-order valence-corrected chi connectivity index (χ3v) is 5.04. The molecule has 1 aromatic heterocycles. The van der Waals surface area contributed by atoms with Crippen LogP contribution in [0.1, 0.15) is 81.8 Å². The summed E-state index contributed by atoms with van der Waals surface area (Å²) in [5.41, 5.74) is 2.74. The van der Waals surface area contributed by atoms with Gasteiger partial charge in [0.15, 0.2) is 0 Å². The van der Waals surface area contributed by atoms with Crippen LogP contribution in [-0.2, 0) is 12.8 Å². The quantitative estimate of drug-likeness (QED) is 0.887. The van der Waals surface area contributed by atoms with Gasteiger partial charge in [-0.25, -0.2) is 9.97 Å². The second kappa shape index (κ2) is 6.76. The van der Waals surface area contributed by atoms with Crippen LogP contribution >= 0.6 is 0 Å². The molecule has 3 nitrogen and oxygen atoms in total. The van der Waals surface area contributed by atoms with E-state index >= 15 is 0 Å². The highest BCUT2D eigenvalue weighted by atomic mass is 15.0. The lowest BCUT2D eigenvalue weighted by atomic mass is 9.82. The fraction of sp³-hybridized carbons (Fsp3) is 0.778. The van der Waals surface area contributed by atoms with Crippen molar-refractivity contribution in [2.45, 2.75) is 77.6 Å². The van der Waals surface area contributed by atoms with Crippen LogP contribution in [-0.4, -0.2) is 16.5 Å². The summed E-state index contributed by atoms with van der Waals surface area (Å²) < 4.78 is 0. The molecule has 3 rings (SSSR count). The first kappa shape index (κ1) is 14.8. The Labute approximate surface area is 129 Å². The van der Waals surface area contributed by atoms with Crippen molar-refractivity contribution in [3.8, 4) is 0 Å². The fourth-order valence-corrected chi connectivity index (χ4v) is 3.85. The number of hydrogen-bond acceptors (Lipinski definition) is 3. The van der Waals surface area contributed by atoms with Crippen molar-refractivity contribution >= 4 is 5.82 Å². The molecule has 0 aromatic carbocycles. The third kappa shape index (κ3) is 3.38. The Morgan fingerprint density at radius 2 is 1.95 bits per heavy atom. The van der Waals surface area contributed by atoms with Gasteiger partial charge in [-0.3, -0.25) is 0 Å². The minimum Gasteiger partial charge on any atom is -0.370 e. The zero-order valence-corrected chi connectivity index (χ0v) is 13.6. The lowest BCUT2D eigenvalue weighted by Crippen LogP contribution is -2.19. The molecule has 3 heteroatoms. The van der Waals surface area contributed by atoms with Gasteiger partial charge in [0.25, 0.3) is 0 Å². The molecule has 2 aliphatic carbocycles. The number of aromatic nitrogens is 2. The fourth-order valence-electron chi connectivity index (χ4n) is 3.85. The average molecular weight is 287 g/mol. The molecule has 1 saturated carbocycles. The molecule has 0 amide bonds. The van der Waals surface area contributed by atoms with Gasteiger partial charge in [0.1, 0.15) is 11.6 Å². The molecule has 1 heterocycles. The summed E-state index contributed by atoms with van der Waals surface area (Å²) in [5, 5.41) is 3.56. The molecule has 2 aliphatic rings. The highest BCUT2D eigenvalue weighted by Crippen LogP contribution is 2.36. The second-order valence-corrected chi connectivity index (χ2v) is 6.96. The molecule has 1 fully saturated rings. The monoisotopic (exact) mass is 287 g/mol. The van der Waals surface area contributed by atoms with E-state index < -0.39 is 0 Å². The van der Waals surface area contributed by atoms with Crippen molar-refractivity contribution in [3.05, 3.63) is 17.1 Å². The normalized spacial score (nSPS) is 25.4. The highest BCUT2D eigenvalue weighted by Gasteiger charge is 2.25. The van der Waals surface area contributed by atoms with Crippen LogP contribution in [0.4, 0.5) is 5.82 Å². The first-order valence-electron chi connectivity index (χ1n) is 8.91. The number of anilines is 1. The standard InChI is InChI=1S/C18H29N3/c1-3-11-19-18-15-9-4-5-10-16(15)20-17(21-18)14-8-6-7-13(2)12-14/h13-14H,3-12H2,1-2H3,(H,19,20,21). The molecular formula is C18H29N3. The van der Waals surface area contributed by atoms with Gasteiger partial charge in [-0.1, -0.05) is 26.7 Å². The first-order valence-corrected chi connectivity index (χ1v) is 8.91. The van der Waals surface area contributed by atoms with Crippen molar-refractivity contribution in [3.63, 3.8) is 0 Å². The maximum atomic E-state index is 4.99. The Morgan fingerprint density at radius 1 is 1.10 bits per heavy atom. The molecule has 0 bridgehead atoms. The van der Waals surface area contributed by atoms with E-state index in [-0.39, 0.29) is 0 Å². The largest absolute Gasteiger partial charge is 0.370 e. The summed E-state index contributed by atoms with van der Waals surface area (Å²) >= 11 is 0. The summed E-state index contributed by atoms with van der Waals surface area (Å²) in [6.07, 6.45) is 11.3. The Balaban J connectivity index is 1.89. The average Bonchev–Trinajstić information content (AvgIpc) is 2.52. The number of hydrogen-bond donors (Lipinski definition) is 1. The van der Waals surface area contributed by atoms with Gasteiger partial charge in [0.05, 0.1) is 0 Å². The third-order valence-electron chi connectivity index (χ3n) is 5.04. The van der Waals surface area contributed by atoms with Gasteiger partial charge in [-0.15, -0.1) is 0 Å². The molecular weight excluding hydrogens is 258 g/mol. The number of fused-ring (bicyclic) bond motifs is 1. The SMILES string of the molecule is CCCNc1nc(C2CCCC(C)C2)nc2c1CCCC2. The Kier molecular flexibility index (Phi) is 4.77. The Hall–Kier alpha value is -1.12.